The van der Waals surface area contributed by atoms with E-state index in [1.807, 2.05) is 46.8 Å². The Morgan fingerprint density at radius 1 is 1.25 bits per heavy atom. The third kappa shape index (κ3) is 6.41. The smallest absolute Gasteiger partial charge is 0.275 e. The molecule has 2 amide bonds. The van der Waals surface area contributed by atoms with E-state index >= 15 is 0 Å². The lowest BCUT2D eigenvalue weighted by molar-refractivity contribution is -0.881. The third-order valence-electron chi connectivity index (χ3n) is 4.63. The zero-order valence-electron chi connectivity index (χ0n) is 17.7. The van der Waals surface area contributed by atoms with Crippen LogP contribution in [-0.4, -0.2) is 50.2 Å². The first kappa shape index (κ1) is 22.0. The molecule has 0 aromatic heterocycles. The predicted molar refractivity (Wildman–Crippen MR) is 108 cm³/mol. The van der Waals surface area contributed by atoms with Crippen molar-refractivity contribution in [1.82, 2.24) is 10.6 Å². The highest BCUT2D eigenvalue weighted by atomic mass is 16.5. The number of carbonyl (C=O) groups excluding carboxylic acids is 2. The maximum absolute atomic E-state index is 12.4. The minimum atomic E-state index is -0.0913. The van der Waals surface area contributed by atoms with E-state index in [1.54, 1.807) is 0 Å². The van der Waals surface area contributed by atoms with Crippen molar-refractivity contribution in [3.05, 3.63) is 23.3 Å². The molecule has 0 fully saturated rings. The van der Waals surface area contributed by atoms with Crippen molar-refractivity contribution in [2.24, 2.45) is 0 Å². The van der Waals surface area contributed by atoms with Gasteiger partial charge in [0.25, 0.3) is 11.8 Å². The first-order chi connectivity index (χ1) is 13.3. The molecule has 1 aliphatic heterocycles. The maximum Gasteiger partial charge on any atom is 0.275 e. The number of hydrogen-bond acceptors (Lipinski definition) is 4. The number of carbonyl (C=O) groups is 2. The van der Waals surface area contributed by atoms with Crippen LogP contribution in [0.1, 0.15) is 45.7 Å². The van der Waals surface area contributed by atoms with Crippen LogP contribution in [0.5, 0.6) is 11.5 Å². The summed E-state index contributed by atoms with van der Waals surface area (Å²) in [7, 11) is 0. The SMILES string of the molecule is CCOc1cc2c(cc1CNC(=O)C[NH+](CC)CC(=O)NC(C)C)O[C@@H](C)C2. The van der Waals surface area contributed by atoms with Crippen molar-refractivity contribution in [3.8, 4) is 11.5 Å². The van der Waals surface area contributed by atoms with Crippen molar-refractivity contribution in [2.45, 2.75) is 59.7 Å². The summed E-state index contributed by atoms with van der Waals surface area (Å²) in [5, 5.41) is 5.82. The fourth-order valence-corrected chi connectivity index (χ4v) is 3.31. The molecule has 3 N–H and O–H groups in total. The van der Waals surface area contributed by atoms with Gasteiger partial charge in [-0.25, -0.2) is 0 Å². The fraction of sp³-hybridized carbons (Fsp3) is 0.619. The number of fused-ring (bicyclic) bond motifs is 1. The first-order valence-corrected chi connectivity index (χ1v) is 10.2. The van der Waals surface area contributed by atoms with E-state index in [4.69, 9.17) is 9.47 Å². The van der Waals surface area contributed by atoms with Gasteiger partial charge in [0.1, 0.15) is 17.6 Å². The highest BCUT2D eigenvalue weighted by Crippen LogP contribution is 2.35. The molecule has 156 valence electrons. The van der Waals surface area contributed by atoms with E-state index in [-0.39, 0.29) is 37.0 Å². The van der Waals surface area contributed by atoms with E-state index in [0.717, 1.165) is 33.9 Å². The van der Waals surface area contributed by atoms with Gasteiger partial charge in [-0.1, -0.05) is 0 Å². The van der Waals surface area contributed by atoms with E-state index in [9.17, 15) is 9.59 Å². The molecule has 1 unspecified atom stereocenters. The number of benzene rings is 1. The molecule has 2 atom stereocenters. The molecule has 0 spiro atoms. The molecule has 28 heavy (non-hydrogen) atoms. The van der Waals surface area contributed by atoms with Crippen LogP contribution in [0.4, 0.5) is 0 Å². The van der Waals surface area contributed by atoms with Gasteiger partial charge in [0, 0.05) is 30.1 Å². The molecule has 7 nitrogen and oxygen atoms in total. The van der Waals surface area contributed by atoms with Gasteiger partial charge in [-0.2, -0.15) is 0 Å². The lowest BCUT2D eigenvalue weighted by atomic mass is 10.1. The van der Waals surface area contributed by atoms with Gasteiger partial charge in [-0.3, -0.25) is 9.59 Å². The second kappa shape index (κ2) is 10.3. The normalized spacial score (nSPS) is 16.3. The first-order valence-electron chi connectivity index (χ1n) is 10.2. The van der Waals surface area contributed by atoms with Gasteiger partial charge in [0.15, 0.2) is 13.1 Å². The standard InChI is InChI=1S/C21H33N3O4/c1-6-24(13-21(26)23-14(3)4)12-20(25)22-11-17-10-19-16(8-15(5)28-19)9-18(17)27-7-2/h9-10,14-15H,6-8,11-13H2,1-5H3,(H,22,25)(H,23,26)/p+1/t15-/m0/s1. The molecule has 1 aromatic carbocycles. The average Bonchev–Trinajstić information content (AvgIpc) is 2.97. The Kier molecular flexibility index (Phi) is 8.11. The highest BCUT2D eigenvalue weighted by Gasteiger charge is 2.22. The second-order valence-electron chi connectivity index (χ2n) is 7.59. The molecular weight excluding hydrogens is 358 g/mol. The van der Waals surface area contributed by atoms with Crippen molar-refractivity contribution in [3.63, 3.8) is 0 Å². The lowest BCUT2D eigenvalue weighted by Gasteiger charge is -2.18. The van der Waals surface area contributed by atoms with Gasteiger partial charge in [0.05, 0.1) is 13.2 Å². The lowest BCUT2D eigenvalue weighted by Crippen LogP contribution is -3.14. The van der Waals surface area contributed by atoms with Crippen LogP contribution in [-0.2, 0) is 22.6 Å². The fourth-order valence-electron chi connectivity index (χ4n) is 3.31. The molecule has 0 radical (unpaired) electrons. The predicted octanol–water partition coefficient (Wildman–Crippen LogP) is 0.454. The number of rotatable bonds is 10. The molecule has 1 heterocycles. The Bertz CT molecular complexity index is 690. The van der Waals surface area contributed by atoms with Crippen LogP contribution in [0.3, 0.4) is 0 Å². The van der Waals surface area contributed by atoms with Gasteiger partial charge in [0.2, 0.25) is 0 Å². The minimum Gasteiger partial charge on any atom is -0.494 e. The van der Waals surface area contributed by atoms with E-state index in [0.29, 0.717) is 19.7 Å². The van der Waals surface area contributed by atoms with E-state index in [2.05, 4.69) is 10.6 Å². The summed E-state index contributed by atoms with van der Waals surface area (Å²) in [6, 6.07) is 4.08. The summed E-state index contributed by atoms with van der Waals surface area (Å²) in [5.41, 5.74) is 2.04. The van der Waals surface area contributed by atoms with Crippen LogP contribution in [0.15, 0.2) is 12.1 Å². The summed E-state index contributed by atoms with van der Waals surface area (Å²) in [6.45, 7) is 12.0. The van der Waals surface area contributed by atoms with Crippen molar-refractivity contribution < 1.29 is 24.0 Å². The summed E-state index contributed by atoms with van der Waals surface area (Å²) in [6.07, 6.45) is 1.03. The molecule has 0 saturated carbocycles. The number of nitrogens with one attached hydrogen (secondary N) is 3. The third-order valence-corrected chi connectivity index (χ3v) is 4.63. The largest absolute Gasteiger partial charge is 0.494 e. The van der Waals surface area contributed by atoms with Crippen LogP contribution in [0, 0.1) is 0 Å². The Balaban J connectivity index is 1.94. The molecule has 1 aromatic rings. The summed E-state index contributed by atoms with van der Waals surface area (Å²) in [4.78, 5) is 25.3. The van der Waals surface area contributed by atoms with Crippen molar-refractivity contribution in [1.29, 1.82) is 0 Å². The van der Waals surface area contributed by atoms with Gasteiger partial charge < -0.3 is 25.0 Å². The van der Waals surface area contributed by atoms with E-state index < -0.39 is 0 Å². The quantitative estimate of drug-likeness (QED) is 0.540. The van der Waals surface area contributed by atoms with E-state index in [1.165, 1.54) is 0 Å². The number of amides is 2. The van der Waals surface area contributed by atoms with Crippen LogP contribution in [0.25, 0.3) is 0 Å². The van der Waals surface area contributed by atoms with Crippen LogP contribution < -0.4 is 25.0 Å². The molecule has 7 heteroatoms. The van der Waals surface area contributed by atoms with Gasteiger partial charge in [-0.05, 0) is 46.8 Å². The molecule has 1 aliphatic rings. The number of ether oxygens (including phenoxy) is 2. The Labute approximate surface area is 167 Å². The van der Waals surface area contributed by atoms with Crippen molar-refractivity contribution >= 4 is 11.8 Å². The molecular formula is C21H34N3O4+. The van der Waals surface area contributed by atoms with Crippen LogP contribution >= 0.6 is 0 Å². The molecule has 0 aliphatic carbocycles. The summed E-state index contributed by atoms with van der Waals surface area (Å²) in [5.74, 6) is 1.52. The summed E-state index contributed by atoms with van der Waals surface area (Å²) >= 11 is 0. The molecule has 2 rings (SSSR count). The van der Waals surface area contributed by atoms with Crippen LogP contribution in [0.2, 0.25) is 0 Å². The number of quaternary nitrogens is 1. The Hall–Kier alpha value is -2.28. The maximum atomic E-state index is 12.4. The zero-order chi connectivity index (χ0) is 20.7. The topological polar surface area (TPSA) is 81.1 Å². The van der Waals surface area contributed by atoms with Gasteiger partial charge in [-0.15, -0.1) is 0 Å². The van der Waals surface area contributed by atoms with Gasteiger partial charge >= 0.3 is 0 Å². The Morgan fingerprint density at radius 3 is 2.61 bits per heavy atom. The van der Waals surface area contributed by atoms with Crippen molar-refractivity contribution in [2.75, 3.05) is 26.2 Å². The number of hydrogen-bond donors (Lipinski definition) is 3. The number of likely N-dealkylation sites (N-methyl/N-ethyl adjacent to an activating group) is 1. The summed E-state index contributed by atoms with van der Waals surface area (Å²) < 4.78 is 11.6. The molecule has 0 saturated heterocycles. The average molecular weight is 393 g/mol. The monoisotopic (exact) mass is 392 g/mol. The Morgan fingerprint density at radius 2 is 1.96 bits per heavy atom. The minimum absolute atomic E-state index is 0.0387. The zero-order valence-corrected chi connectivity index (χ0v) is 17.7. The second-order valence-corrected chi connectivity index (χ2v) is 7.59. The highest BCUT2D eigenvalue weighted by molar-refractivity contribution is 5.79. The molecule has 0 bridgehead atoms.